The third-order valence-corrected chi connectivity index (χ3v) is 3.68. The van der Waals surface area contributed by atoms with E-state index < -0.39 is 5.91 Å². The van der Waals surface area contributed by atoms with Crippen LogP contribution in [-0.4, -0.2) is 30.4 Å². The van der Waals surface area contributed by atoms with Crippen molar-refractivity contribution >= 4 is 28.4 Å². The Labute approximate surface area is 127 Å². The third kappa shape index (κ3) is 2.35. The predicted molar refractivity (Wildman–Crippen MR) is 85.1 cm³/mol. The maximum atomic E-state index is 12.7. The highest BCUT2D eigenvalue weighted by molar-refractivity contribution is 6.11. The number of benzene rings is 1. The molecule has 2 aromatic rings. The molecule has 1 aromatic heterocycles. The molecule has 0 aliphatic carbocycles. The van der Waals surface area contributed by atoms with Crippen LogP contribution in [-0.2, 0) is 9.59 Å². The number of hydrogen-bond donors (Lipinski definition) is 3. The van der Waals surface area contributed by atoms with Crippen LogP contribution in [0.25, 0.3) is 10.9 Å². The standard InChI is InChI=1S/C16H16N4O2/c1-20(14-4-2-3-13-12(14)5-6-19-13)16(22)11-7-10(15(17)21)8-18-9-11/h2-8,18-19H,9H2,1H3,(H2,17,21). The van der Waals surface area contributed by atoms with E-state index in [0.717, 1.165) is 16.6 Å². The first-order chi connectivity index (χ1) is 10.6. The molecule has 4 N–H and O–H groups in total. The fraction of sp³-hybridized carbons (Fsp3) is 0.125. The molecule has 3 rings (SSSR count). The van der Waals surface area contributed by atoms with Gasteiger partial charge in [0.15, 0.2) is 0 Å². The average molecular weight is 296 g/mol. The lowest BCUT2D eigenvalue weighted by molar-refractivity contribution is -0.115. The molecule has 6 nitrogen and oxygen atoms in total. The molecule has 6 heteroatoms. The number of aromatic amines is 1. The number of aromatic nitrogens is 1. The highest BCUT2D eigenvalue weighted by atomic mass is 16.2. The molecule has 112 valence electrons. The van der Waals surface area contributed by atoms with Crippen LogP contribution in [0.2, 0.25) is 0 Å². The Morgan fingerprint density at radius 3 is 2.86 bits per heavy atom. The Kier molecular flexibility index (Phi) is 3.42. The molecular formula is C16H16N4O2. The monoisotopic (exact) mass is 296 g/mol. The fourth-order valence-corrected chi connectivity index (χ4v) is 2.52. The Bertz CT molecular complexity index is 816. The SMILES string of the molecule is CN(C(=O)C1=CC(C(N)=O)=CNC1)c1cccc2[nH]ccc12. The predicted octanol–water partition coefficient (Wildman–Crippen LogP) is 1.03. The lowest BCUT2D eigenvalue weighted by Gasteiger charge is -2.22. The number of rotatable bonds is 3. The van der Waals surface area contributed by atoms with Gasteiger partial charge < -0.3 is 20.9 Å². The van der Waals surface area contributed by atoms with Gasteiger partial charge in [0, 0.05) is 42.5 Å². The molecule has 0 fully saturated rings. The van der Waals surface area contributed by atoms with Crippen molar-refractivity contribution in [2.75, 3.05) is 18.5 Å². The third-order valence-electron chi connectivity index (χ3n) is 3.68. The summed E-state index contributed by atoms with van der Waals surface area (Å²) >= 11 is 0. The molecule has 1 aliphatic rings. The van der Waals surface area contributed by atoms with Gasteiger partial charge in [-0.05, 0) is 24.3 Å². The minimum atomic E-state index is -0.562. The van der Waals surface area contributed by atoms with Crippen LogP contribution >= 0.6 is 0 Å². The molecule has 0 atom stereocenters. The number of hydrogen-bond acceptors (Lipinski definition) is 3. The summed E-state index contributed by atoms with van der Waals surface area (Å²) in [5, 5.41) is 3.87. The fourth-order valence-electron chi connectivity index (χ4n) is 2.52. The van der Waals surface area contributed by atoms with Crippen LogP contribution in [0, 0.1) is 0 Å². The second-order valence-electron chi connectivity index (χ2n) is 5.09. The summed E-state index contributed by atoms with van der Waals surface area (Å²) in [6, 6.07) is 7.65. The molecule has 22 heavy (non-hydrogen) atoms. The number of amides is 2. The summed E-state index contributed by atoms with van der Waals surface area (Å²) < 4.78 is 0. The van der Waals surface area contributed by atoms with Crippen LogP contribution in [0.4, 0.5) is 5.69 Å². The van der Waals surface area contributed by atoms with Gasteiger partial charge in [0.25, 0.3) is 5.91 Å². The Morgan fingerprint density at radius 1 is 1.27 bits per heavy atom. The molecule has 0 unspecified atom stereocenters. The summed E-state index contributed by atoms with van der Waals surface area (Å²) in [7, 11) is 1.72. The van der Waals surface area contributed by atoms with Crippen molar-refractivity contribution in [3.63, 3.8) is 0 Å². The first-order valence-corrected chi connectivity index (χ1v) is 6.86. The average Bonchev–Trinajstić information content (AvgIpc) is 3.02. The number of anilines is 1. The smallest absolute Gasteiger partial charge is 0.255 e. The van der Waals surface area contributed by atoms with Crippen molar-refractivity contribution in [3.05, 3.63) is 53.9 Å². The number of carbonyl (C=O) groups is 2. The number of dihydropyridines is 1. The lowest BCUT2D eigenvalue weighted by atomic mass is 10.1. The van der Waals surface area contributed by atoms with Gasteiger partial charge >= 0.3 is 0 Å². The van der Waals surface area contributed by atoms with Crippen LogP contribution in [0.1, 0.15) is 0 Å². The van der Waals surface area contributed by atoms with Crippen molar-refractivity contribution in [2.24, 2.45) is 5.73 Å². The zero-order chi connectivity index (χ0) is 15.7. The quantitative estimate of drug-likeness (QED) is 0.790. The second-order valence-corrected chi connectivity index (χ2v) is 5.09. The van der Waals surface area contributed by atoms with Crippen LogP contribution in [0.5, 0.6) is 0 Å². The van der Waals surface area contributed by atoms with Gasteiger partial charge in [-0.25, -0.2) is 0 Å². The number of fused-ring (bicyclic) bond motifs is 1. The van der Waals surface area contributed by atoms with Crippen LogP contribution in [0.3, 0.4) is 0 Å². The topological polar surface area (TPSA) is 91.2 Å². The Balaban J connectivity index is 1.94. The highest BCUT2D eigenvalue weighted by Gasteiger charge is 2.21. The lowest BCUT2D eigenvalue weighted by Crippen LogP contribution is -2.33. The largest absolute Gasteiger partial charge is 0.386 e. The second kappa shape index (κ2) is 5.40. The molecule has 2 heterocycles. The number of likely N-dealkylation sites (N-methyl/N-ethyl adjacent to an activating group) is 1. The summed E-state index contributed by atoms with van der Waals surface area (Å²) in [4.78, 5) is 28.6. The van der Waals surface area contributed by atoms with Crippen molar-refractivity contribution in [3.8, 4) is 0 Å². The van der Waals surface area contributed by atoms with E-state index in [9.17, 15) is 9.59 Å². The van der Waals surface area contributed by atoms with Crippen LogP contribution in [0.15, 0.2) is 53.9 Å². The molecule has 2 amide bonds. The minimum absolute atomic E-state index is 0.173. The molecule has 0 saturated heterocycles. The van der Waals surface area contributed by atoms with Gasteiger partial charge in [0.2, 0.25) is 5.91 Å². The highest BCUT2D eigenvalue weighted by Crippen LogP contribution is 2.26. The molecule has 0 radical (unpaired) electrons. The number of carbonyl (C=O) groups excluding carboxylic acids is 2. The van der Waals surface area contributed by atoms with E-state index in [2.05, 4.69) is 10.3 Å². The summed E-state index contributed by atoms with van der Waals surface area (Å²) in [6.07, 6.45) is 4.89. The van der Waals surface area contributed by atoms with Gasteiger partial charge in [-0.3, -0.25) is 9.59 Å². The summed E-state index contributed by atoms with van der Waals surface area (Å²) in [5.74, 6) is -0.735. The number of nitrogens with zero attached hydrogens (tertiary/aromatic N) is 1. The first-order valence-electron chi connectivity index (χ1n) is 6.86. The van der Waals surface area contributed by atoms with Crippen molar-refractivity contribution in [2.45, 2.75) is 0 Å². The van der Waals surface area contributed by atoms with Crippen LogP contribution < -0.4 is 16.0 Å². The maximum Gasteiger partial charge on any atom is 0.255 e. The van der Waals surface area contributed by atoms with E-state index in [4.69, 9.17) is 5.73 Å². The number of nitrogens with two attached hydrogens (primary N) is 1. The summed E-state index contributed by atoms with van der Waals surface area (Å²) in [6.45, 7) is 0.364. The molecule has 1 aliphatic heterocycles. The van der Waals surface area contributed by atoms with E-state index in [1.54, 1.807) is 11.9 Å². The minimum Gasteiger partial charge on any atom is -0.386 e. The van der Waals surface area contributed by atoms with E-state index in [1.807, 2.05) is 30.5 Å². The number of primary amides is 1. The van der Waals surface area contributed by atoms with Gasteiger partial charge in [0.05, 0.1) is 11.3 Å². The van der Waals surface area contributed by atoms with Crippen molar-refractivity contribution < 1.29 is 9.59 Å². The van der Waals surface area contributed by atoms with Crippen molar-refractivity contribution in [1.82, 2.24) is 10.3 Å². The maximum absolute atomic E-state index is 12.7. The molecule has 0 bridgehead atoms. The van der Waals surface area contributed by atoms with Gasteiger partial charge in [-0.1, -0.05) is 6.07 Å². The summed E-state index contributed by atoms with van der Waals surface area (Å²) in [5.41, 5.74) is 7.81. The van der Waals surface area contributed by atoms with E-state index in [-0.39, 0.29) is 5.91 Å². The van der Waals surface area contributed by atoms with Gasteiger partial charge in [-0.2, -0.15) is 0 Å². The molecular weight excluding hydrogens is 280 g/mol. The zero-order valence-corrected chi connectivity index (χ0v) is 12.1. The normalized spacial score (nSPS) is 14.0. The van der Waals surface area contributed by atoms with E-state index >= 15 is 0 Å². The molecule has 0 spiro atoms. The Morgan fingerprint density at radius 2 is 2.09 bits per heavy atom. The first kappa shape index (κ1) is 13.9. The van der Waals surface area contributed by atoms with Crippen molar-refractivity contribution in [1.29, 1.82) is 0 Å². The zero-order valence-electron chi connectivity index (χ0n) is 12.1. The van der Waals surface area contributed by atoms with Gasteiger partial charge in [-0.15, -0.1) is 0 Å². The molecule has 1 aromatic carbocycles. The van der Waals surface area contributed by atoms with E-state index in [1.165, 1.54) is 12.3 Å². The number of nitrogens with one attached hydrogen (secondary N) is 2. The number of H-pyrrole nitrogens is 1. The van der Waals surface area contributed by atoms with E-state index in [0.29, 0.717) is 17.7 Å². The van der Waals surface area contributed by atoms with Gasteiger partial charge in [0.1, 0.15) is 0 Å². The molecule has 0 saturated carbocycles. The Hall–Kier alpha value is -3.02.